The summed E-state index contributed by atoms with van der Waals surface area (Å²) >= 11 is 0. The zero-order valence-electron chi connectivity index (χ0n) is 23.2. The summed E-state index contributed by atoms with van der Waals surface area (Å²) in [5.41, 5.74) is 5.69. The van der Waals surface area contributed by atoms with Crippen LogP contribution in [0.3, 0.4) is 0 Å². The quantitative estimate of drug-likeness (QED) is 0.206. The fourth-order valence-electron chi connectivity index (χ4n) is 5.56. The van der Waals surface area contributed by atoms with Crippen LogP contribution in [0.1, 0.15) is 47.6 Å². The molecule has 1 heterocycles. The second-order valence-corrected chi connectivity index (χ2v) is 9.91. The topological polar surface area (TPSA) is 119 Å². The molecule has 40 heavy (non-hydrogen) atoms. The highest BCUT2D eigenvalue weighted by Gasteiger charge is 2.36. The molecule has 3 aromatic rings. The number of rotatable bonds is 11. The number of hydrogen-bond donors (Lipinski definition) is 4. The summed E-state index contributed by atoms with van der Waals surface area (Å²) in [6, 6.07) is 11.3. The van der Waals surface area contributed by atoms with Gasteiger partial charge in [-0.2, -0.15) is 0 Å². The molecule has 3 aromatic carbocycles. The van der Waals surface area contributed by atoms with Crippen LogP contribution >= 0.6 is 0 Å². The molecule has 0 amide bonds. The molecule has 0 saturated heterocycles. The van der Waals surface area contributed by atoms with Crippen LogP contribution in [0.5, 0.6) is 34.5 Å². The Morgan fingerprint density at radius 2 is 1.73 bits per heavy atom. The Morgan fingerprint density at radius 3 is 2.48 bits per heavy atom. The minimum Gasteiger partial charge on any atom is -0.502 e. The maximum Gasteiger partial charge on any atom is 0.200 e. The molecule has 0 bridgehead atoms. The maximum atomic E-state index is 11.8. The molecule has 2 unspecified atom stereocenters. The van der Waals surface area contributed by atoms with Crippen molar-refractivity contribution in [2.45, 2.75) is 38.2 Å². The van der Waals surface area contributed by atoms with Crippen LogP contribution in [0.2, 0.25) is 0 Å². The molecular formula is C31H37NO8. The van der Waals surface area contributed by atoms with Gasteiger partial charge in [-0.1, -0.05) is 13.0 Å². The number of nitrogens with one attached hydrogen (secondary N) is 1. The predicted molar refractivity (Wildman–Crippen MR) is 150 cm³/mol. The number of hydrogen-bond acceptors (Lipinski definition) is 9. The Balaban J connectivity index is 1.53. The first-order chi connectivity index (χ1) is 19.5. The van der Waals surface area contributed by atoms with Gasteiger partial charge in [0.2, 0.25) is 5.75 Å². The van der Waals surface area contributed by atoms with Gasteiger partial charge >= 0.3 is 0 Å². The number of phenols is 1. The van der Waals surface area contributed by atoms with Crippen molar-refractivity contribution < 1.29 is 39.0 Å². The van der Waals surface area contributed by atoms with Crippen LogP contribution in [-0.4, -0.2) is 62.6 Å². The number of benzene rings is 3. The highest BCUT2D eigenvalue weighted by molar-refractivity contribution is 5.79. The van der Waals surface area contributed by atoms with Crippen molar-refractivity contribution in [3.05, 3.63) is 58.7 Å². The van der Waals surface area contributed by atoms with Gasteiger partial charge in [-0.25, -0.2) is 0 Å². The number of phenolic OH excluding ortho intramolecular Hbond substituents is 1. The first-order valence-corrected chi connectivity index (χ1v) is 13.7. The van der Waals surface area contributed by atoms with Gasteiger partial charge < -0.3 is 39.0 Å². The van der Waals surface area contributed by atoms with Crippen molar-refractivity contribution >= 4 is 0 Å². The average Bonchev–Trinajstić information content (AvgIpc) is 2.97. The first kappa shape index (κ1) is 27.9. The SMILES string of the molecule is CCNCOc1cc(OC)c2c(c1)-c1ccc3c(c1CC2)C(O)C(c1cc(OC)c(O)c(OCCCO)c1)CO3. The van der Waals surface area contributed by atoms with E-state index in [1.54, 1.807) is 19.2 Å². The third-order valence-corrected chi connectivity index (χ3v) is 7.59. The normalized spacial score (nSPS) is 17.2. The lowest BCUT2D eigenvalue weighted by molar-refractivity contribution is 0.0877. The third-order valence-electron chi connectivity index (χ3n) is 7.59. The fraction of sp³-hybridized carbons (Fsp3) is 0.419. The van der Waals surface area contributed by atoms with E-state index in [-0.39, 0.29) is 37.1 Å². The molecule has 0 radical (unpaired) electrons. The van der Waals surface area contributed by atoms with Gasteiger partial charge in [0.05, 0.1) is 33.5 Å². The molecule has 0 fully saturated rings. The van der Waals surface area contributed by atoms with Crippen LogP contribution < -0.4 is 29.0 Å². The predicted octanol–water partition coefficient (Wildman–Crippen LogP) is 4.09. The Hall–Kier alpha value is -3.66. The van der Waals surface area contributed by atoms with E-state index in [9.17, 15) is 10.2 Å². The van der Waals surface area contributed by atoms with Crippen LogP contribution in [0.4, 0.5) is 0 Å². The van der Waals surface area contributed by atoms with Crippen molar-refractivity contribution in [2.75, 3.05) is 47.3 Å². The van der Waals surface area contributed by atoms with Gasteiger partial charge in [-0.3, -0.25) is 5.32 Å². The second-order valence-electron chi connectivity index (χ2n) is 9.91. The van der Waals surface area contributed by atoms with Gasteiger partial charge in [0, 0.05) is 36.1 Å². The van der Waals surface area contributed by atoms with Crippen LogP contribution in [0.15, 0.2) is 36.4 Å². The van der Waals surface area contributed by atoms with Crippen molar-refractivity contribution in [3.8, 4) is 45.6 Å². The minimum atomic E-state index is -0.852. The number of aromatic hydroxyl groups is 1. The van der Waals surface area contributed by atoms with Crippen molar-refractivity contribution in [3.63, 3.8) is 0 Å². The van der Waals surface area contributed by atoms with E-state index in [1.165, 1.54) is 7.11 Å². The van der Waals surface area contributed by atoms with Crippen molar-refractivity contribution in [2.24, 2.45) is 0 Å². The summed E-state index contributed by atoms with van der Waals surface area (Å²) in [5.74, 6) is 2.11. The van der Waals surface area contributed by atoms with Crippen LogP contribution in [0, 0.1) is 0 Å². The molecule has 4 N–H and O–H groups in total. The van der Waals surface area contributed by atoms with Crippen molar-refractivity contribution in [1.29, 1.82) is 0 Å². The standard InChI is InChI=1S/C31H37NO8/c1-4-32-17-40-19-14-23-20-8-9-25-29(22(20)7-6-21(23)26(15-19)36-2)30(34)24(16-39-25)18-12-27(37-3)31(35)28(13-18)38-11-5-10-33/h8-9,12-15,24,30,32-35H,4-7,10-11,16-17H2,1-3H3. The maximum absolute atomic E-state index is 11.8. The molecule has 9 nitrogen and oxygen atoms in total. The zero-order valence-corrected chi connectivity index (χ0v) is 23.2. The Labute approximate surface area is 234 Å². The number of fused-ring (bicyclic) bond motifs is 5. The molecule has 5 rings (SSSR count). The van der Waals surface area contributed by atoms with Gasteiger partial charge in [0.25, 0.3) is 0 Å². The molecule has 0 aromatic heterocycles. The summed E-state index contributed by atoms with van der Waals surface area (Å²) in [5, 5.41) is 34.7. The van der Waals surface area contributed by atoms with Crippen LogP contribution in [0.25, 0.3) is 11.1 Å². The molecule has 0 spiro atoms. The second kappa shape index (κ2) is 12.2. The van der Waals surface area contributed by atoms with E-state index >= 15 is 0 Å². The van der Waals surface area contributed by atoms with Gasteiger partial charge in [-0.05, 0) is 65.9 Å². The largest absolute Gasteiger partial charge is 0.502 e. The zero-order chi connectivity index (χ0) is 28.2. The van der Waals surface area contributed by atoms with Gasteiger partial charge in [0.1, 0.15) is 24.0 Å². The van der Waals surface area contributed by atoms with E-state index in [0.29, 0.717) is 24.7 Å². The molecule has 1 aliphatic carbocycles. The van der Waals surface area contributed by atoms with E-state index in [2.05, 4.69) is 5.32 Å². The number of ether oxygens (including phenoxy) is 5. The molecule has 1 aliphatic heterocycles. The lowest BCUT2D eigenvalue weighted by Gasteiger charge is -2.35. The molecular weight excluding hydrogens is 514 g/mol. The smallest absolute Gasteiger partial charge is 0.200 e. The fourth-order valence-corrected chi connectivity index (χ4v) is 5.56. The number of methoxy groups -OCH3 is 2. The Bertz CT molecular complexity index is 1360. The first-order valence-electron chi connectivity index (χ1n) is 13.7. The Morgan fingerprint density at radius 1 is 0.950 bits per heavy atom. The molecule has 214 valence electrons. The summed E-state index contributed by atoms with van der Waals surface area (Å²) in [6.45, 7) is 3.69. The highest BCUT2D eigenvalue weighted by Crippen LogP contribution is 2.50. The number of aliphatic hydroxyl groups excluding tert-OH is 2. The van der Waals surface area contributed by atoms with E-state index in [0.717, 1.165) is 58.5 Å². The van der Waals surface area contributed by atoms with Gasteiger partial charge in [0.15, 0.2) is 11.5 Å². The lowest BCUT2D eigenvalue weighted by atomic mass is 9.77. The highest BCUT2D eigenvalue weighted by atomic mass is 16.5. The summed E-state index contributed by atoms with van der Waals surface area (Å²) in [7, 11) is 3.14. The van der Waals surface area contributed by atoms with E-state index in [1.807, 2.05) is 31.2 Å². The van der Waals surface area contributed by atoms with Gasteiger partial charge in [-0.15, -0.1) is 0 Å². The molecule has 9 heteroatoms. The third kappa shape index (κ3) is 5.24. The van der Waals surface area contributed by atoms with Crippen LogP contribution in [-0.2, 0) is 12.8 Å². The lowest BCUT2D eigenvalue weighted by Crippen LogP contribution is -2.26. The van der Waals surface area contributed by atoms with Crippen molar-refractivity contribution in [1.82, 2.24) is 5.32 Å². The van der Waals surface area contributed by atoms with E-state index in [4.69, 9.17) is 28.8 Å². The molecule has 2 aliphatic rings. The minimum absolute atomic E-state index is 0.0209. The summed E-state index contributed by atoms with van der Waals surface area (Å²) < 4.78 is 29.0. The molecule has 0 saturated carbocycles. The Kier molecular flexibility index (Phi) is 8.54. The average molecular weight is 552 g/mol. The summed E-state index contributed by atoms with van der Waals surface area (Å²) in [4.78, 5) is 0. The molecule has 2 atom stereocenters. The number of aliphatic hydroxyl groups is 2. The van der Waals surface area contributed by atoms with E-state index < -0.39 is 12.0 Å². The monoisotopic (exact) mass is 551 g/mol. The summed E-state index contributed by atoms with van der Waals surface area (Å²) in [6.07, 6.45) is 1.05.